The Morgan fingerprint density at radius 2 is 1.94 bits per heavy atom. The number of ether oxygens (including phenoxy) is 1. The number of benzene rings is 1. The molecule has 0 unspecified atom stereocenters. The second-order valence-corrected chi connectivity index (χ2v) is 10.1. The molecule has 4 rings (SSSR count). The number of fused-ring (bicyclic) bond motifs is 1. The van der Waals surface area contributed by atoms with Gasteiger partial charge in [0.1, 0.15) is 22.7 Å². The summed E-state index contributed by atoms with van der Waals surface area (Å²) in [6.45, 7) is 11.0. The van der Waals surface area contributed by atoms with Gasteiger partial charge in [0.25, 0.3) is 0 Å². The molecule has 1 saturated carbocycles. The zero-order valence-corrected chi connectivity index (χ0v) is 19.6. The van der Waals surface area contributed by atoms with Gasteiger partial charge in [0.05, 0.1) is 0 Å². The first kappa shape index (κ1) is 23.0. The van der Waals surface area contributed by atoms with Gasteiger partial charge in [0.15, 0.2) is 11.5 Å². The maximum Gasteiger partial charge on any atom is 0.347 e. The molecule has 0 radical (unpaired) electrons. The Hall–Kier alpha value is -3.21. The molecule has 0 spiro atoms. The van der Waals surface area contributed by atoms with Crippen molar-refractivity contribution >= 4 is 18.2 Å². The van der Waals surface area contributed by atoms with Crippen molar-refractivity contribution in [1.82, 2.24) is 0 Å². The predicted molar refractivity (Wildman–Crippen MR) is 131 cm³/mol. The molecule has 1 aromatic heterocycles. The lowest BCUT2D eigenvalue weighted by molar-refractivity contribution is 0.0979. The number of rotatable bonds is 5. The van der Waals surface area contributed by atoms with Gasteiger partial charge in [0, 0.05) is 6.07 Å². The summed E-state index contributed by atoms with van der Waals surface area (Å²) in [7, 11) is 0. The van der Waals surface area contributed by atoms with Crippen LogP contribution in [0.25, 0.3) is 18.2 Å². The molecule has 0 amide bonds. The molecule has 174 valence electrons. The number of phenolic OH excluding ortho intramolecular Hbond substituents is 2. The van der Waals surface area contributed by atoms with Crippen molar-refractivity contribution in [3.8, 4) is 17.2 Å². The van der Waals surface area contributed by atoms with Crippen molar-refractivity contribution in [1.29, 1.82) is 0 Å². The first-order valence-corrected chi connectivity index (χ1v) is 11.5. The van der Waals surface area contributed by atoms with E-state index in [9.17, 15) is 15.0 Å². The third kappa shape index (κ3) is 4.92. The molecule has 0 bridgehead atoms. The number of hydrogen-bond acceptors (Lipinski definition) is 5. The van der Waals surface area contributed by atoms with E-state index in [1.165, 1.54) is 30.5 Å². The Bertz CT molecular complexity index is 1180. The Balaban J connectivity index is 1.52. The number of allylic oxidation sites excluding steroid dienone is 1. The fraction of sp³-hybridized carbons (Fsp3) is 0.393. The van der Waals surface area contributed by atoms with E-state index in [0.717, 1.165) is 19.3 Å². The first-order chi connectivity index (χ1) is 15.6. The van der Waals surface area contributed by atoms with E-state index < -0.39 is 11.2 Å². The fourth-order valence-electron chi connectivity index (χ4n) is 5.02. The monoisotopic (exact) mass is 448 g/mol. The van der Waals surface area contributed by atoms with Crippen LogP contribution in [0, 0.1) is 11.3 Å². The molecule has 1 aliphatic heterocycles. The fourth-order valence-corrected chi connectivity index (χ4v) is 5.02. The Morgan fingerprint density at radius 3 is 2.67 bits per heavy atom. The van der Waals surface area contributed by atoms with Crippen LogP contribution in [0.5, 0.6) is 17.2 Å². The molecule has 2 aromatic rings. The standard InChI is InChI=1S/C28H32O5/c1-18-6-5-13-27(2,3)22(18)12-15-28(4)14-11-21-25(33-28)17-20(32-26(21)31)9-7-19-8-10-23(29)24(30)16-19/h7-11,14,16-17,22,29-30H,1,5-6,12-13,15H2,2-4H3/b9-7+/t22-,28-/m0/s1. The van der Waals surface area contributed by atoms with E-state index in [1.54, 1.807) is 30.4 Å². The quantitative estimate of drug-likeness (QED) is 0.400. The minimum absolute atomic E-state index is 0.188. The third-order valence-electron chi connectivity index (χ3n) is 7.04. The zero-order chi connectivity index (χ0) is 23.8. The average Bonchev–Trinajstić information content (AvgIpc) is 2.73. The molecular weight excluding hydrogens is 416 g/mol. The Kier molecular flexibility index (Phi) is 6.00. The molecular formula is C28H32O5. The number of hydrogen-bond donors (Lipinski definition) is 2. The highest BCUT2D eigenvalue weighted by atomic mass is 16.5. The largest absolute Gasteiger partial charge is 0.504 e. The van der Waals surface area contributed by atoms with Crippen LogP contribution in [0.2, 0.25) is 0 Å². The van der Waals surface area contributed by atoms with E-state index in [-0.39, 0.29) is 16.9 Å². The molecule has 0 saturated heterocycles. The van der Waals surface area contributed by atoms with Gasteiger partial charge in [-0.2, -0.15) is 0 Å². The highest BCUT2D eigenvalue weighted by Gasteiger charge is 2.37. The molecule has 5 heteroatoms. The van der Waals surface area contributed by atoms with Crippen molar-refractivity contribution in [2.45, 2.75) is 58.5 Å². The van der Waals surface area contributed by atoms with Crippen molar-refractivity contribution in [2.24, 2.45) is 11.3 Å². The summed E-state index contributed by atoms with van der Waals surface area (Å²) in [6.07, 6.45) is 12.4. The predicted octanol–water partition coefficient (Wildman–Crippen LogP) is 6.55. The Morgan fingerprint density at radius 1 is 1.15 bits per heavy atom. The highest BCUT2D eigenvalue weighted by molar-refractivity contribution is 5.70. The first-order valence-electron chi connectivity index (χ1n) is 11.5. The SMILES string of the molecule is C=C1CCCC(C)(C)[C@H]1CC[C@]1(C)C=Cc2c(cc(/C=C/c3ccc(O)c(O)c3)oc2=O)O1. The van der Waals surface area contributed by atoms with Gasteiger partial charge in [-0.05, 0) is 86.3 Å². The summed E-state index contributed by atoms with van der Waals surface area (Å²) in [5.41, 5.74) is 1.67. The molecule has 33 heavy (non-hydrogen) atoms. The van der Waals surface area contributed by atoms with Crippen molar-refractivity contribution in [3.63, 3.8) is 0 Å². The van der Waals surface area contributed by atoms with Gasteiger partial charge in [-0.25, -0.2) is 4.79 Å². The molecule has 1 aliphatic carbocycles. The maximum absolute atomic E-state index is 12.5. The van der Waals surface area contributed by atoms with Crippen molar-refractivity contribution < 1.29 is 19.4 Å². The number of phenols is 2. The van der Waals surface area contributed by atoms with Gasteiger partial charge in [-0.3, -0.25) is 0 Å². The van der Waals surface area contributed by atoms with Gasteiger partial charge >= 0.3 is 5.63 Å². The van der Waals surface area contributed by atoms with Gasteiger partial charge in [0.2, 0.25) is 0 Å². The number of aromatic hydroxyl groups is 2. The molecule has 2 heterocycles. The van der Waals surface area contributed by atoms with Gasteiger partial charge in [-0.15, -0.1) is 0 Å². The molecule has 2 atom stereocenters. The van der Waals surface area contributed by atoms with E-state index >= 15 is 0 Å². The molecule has 1 fully saturated rings. The summed E-state index contributed by atoms with van der Waals surface area (Å²) in [6, 6.07) is 6.20. The van der Waals surface area contributed by atoms with Gasteiger partial charge in [-0.1, -0.05) is 38.1 Å². The smallest absolute Gasteiger partial charge is 0.347 e. The lowest BCUT2D eigenvalue weighted by Gasteiger charge is -2.42. The van der Waals surface area contributed by atoms with Crippen LogP contribution in [-0.4, -0.2) is 15.8 Å². The lowest BCUT2D eigenvalue weighted by atomic mass is 9.64. The summed E-state index contributed by atoms with van der Waals surface area (Å²) in [5.74, 6) is 0.920. The molecule has 5 nitrogen and oxygen atoms in total. The summed E-state index contributed by atoms with van der Waals surface area (Å²) in [4.78, 5) is 12.5. The van der Waals surface area contributed by atoms with Crippen LogP contribution in [0.3, 0.4) is 0 Å². The van der Waals surface area contributed by atoms with Gasteiger partial charge < -0.3 is 19.4 Å². The van der Waals surface area contributed by atoms with Crippen LogP contribution in [-0.2, 0) is 0 Å². The minimum atomic E-state index is -0.516. The molecule has 2 aliphatic rings. The zero-order valence-electron chi connectivity index (χ0n) is 19.6. The van der Waals surface area contributed by atoms with E-state index in [2.05, 4.69) is 20.4 Å². The third-order valence-corrected chi connectivity index (χ3v) is 7.04. The van der Waals surface area contributed by atoms with Crippen LogP contribution in [0.15, 0.2) is 51.7 Å². The minimum Gasteiger partial charge on any atom is -0.504 e. The summed E-state index contributed by atoms with van der Waals surface area (Å²) < 4.78 is 11.8. The normalized spacial score (nSPS) is 24.0. The average molecular weight is 449 g/mol. The van der Waals surface area contributed by atoms with E-state index in [4.69, 9.17) is 9.15 Å². The van der Waals surface area contributed by atoms with E-state index in [1.807, 2.05) is 13.0 Å². The van der Waals surface area contributed by atoms with Crippen LogP contribution >= 0.6 is 0 Å². The van der Waals surface area contributed by atoms with Crippen LogP contribution < -0.4 is 10.4 Å². The van der Waals surface area contributed by atoms with Crippen LogP contribution in [0.4, 0.5) is 0 Å². The van der Waals surface area contributed by atoms with Crippen LogP contribution in [0.1, 0.15) is 69.8 Å². The molecule has 2 N–H and O–H groups in total. The molecule has 1 aromatic carbocycles. The second-order valence-electron chi connectivity index (χ2n) is 10.1. The summed E-state index contributed by atoms with van der Waals surface area (Å²) >= 11 is 0. The lowest BCUT2D eigenvalue weighted by Crippen LogP contribution is -2.36. The topological polar surface area (TPSA) is 79.9 Å². The maximum atomic E-state index is 12.5. The Labute approximate surface area is 194 Å². The van der Waals surface area contributed by atoms with Crippen molar-refractivity contribution in [2.75, 3.05) is 0 Å². The summed E-state index contributed by atoms with van der Waals surface area (Å²) in [5, 5.41) is 19.1. The van der Waals surface area contributed by atoms with Crippen molar-refractivity contribution in [3.05, 3.63) is 69.8 Å². The highest BCUT2D eigenvalue weighted by Crippen LogP contribution is 2.46. The van der Waals surface area contributed by atoms with E-state index in [0.29, 0.717) is 28.6 Å². The second kappa shape index (κ2) is 8.62.